The van der Waals surface area contributed by atoms with Gasteiger partial charge in [0.1, 0.15) is 5.75 Å². The van der Waals surface area contributed by atoms with E-state index in [1.807, 2.05) is 23.1 Å². The van der Waals surface area contributed by atoms with Gasteiger partial charge in [0, 0.05) is 32.7 Å². The van der Waals surface area contributed by atoms with Crippen molar-refractivity contribution in [2.45, 2.75) is 26.7 Å². The van der Waals surface area contributed by atoms with Crippen molar-refractivity contribution in [1.82, 2.24) is 10.2 Å². The summed E-state index contributed by atoms with van der Waals surface area (Å²) in [4.78, 5) is 29.1. The molecular formula is C21H31N3O3. The Bertz CT molecular complexity index is 668. The first-order valence-corrected chi connectivity index (χ1v) is 9.95. The Balaban J connectivity index is 1.46. The number of para-hydroxylation sites is 2. The van der Waals surface area contributed by atoms with Gasteiger partial charge in [-0.25, -0.2) is 0 Å². The van der Waals surface area contributed by atoms with Crippen LogP contribution in [-0.2, 0) is 9.59 Å². The molecule has 0 radical (unpaired) electrons. The summed E-state index contributed by atoms with van der Waals surface area (Å²) in [5.74, 6) is 1.36. The molecule has 2 fully saturated rings. The molecule has 6 nitrogen and oxygen atoms in total. The van der Waals surface area contributed by atoms with E-state index < -0.39 is 0 Å². The van der Waals surface area contributed by atoms with Crippen molar-refractivity contribution in [2.75, 3.05) is 44.7 Å². The molecule has 1 aromatic rings. The van der Waals surface area contributed by atoms with Crippen LogP contribution in [0.1, 0.15) is 26.7 Å². The number of hydrogen-bond donors (Lipinski definition) is 1. The van der Waals surface area contributed by atoms with Gasteiger partial charge in [0.05, 0.1) is 24.6 Å². The van der Waals surface area contributed by atoms with Gasteiger partial charge in [-0.15, -0.1) is 0 Å². The van der Waals surface area contributed by atoms with Crippen molar-refractivity contribution in [3.05, 3.63) is 24.3 Å². The minimum absolute atomic E-state index is 0.0432. The van der Waals surface area contributed by atoms with Gasteiger partial charge in [0.25, 0.3) is 0 Å². The zero-order valence-electron chi connectivity index (χ0n) is 16.6. The van der Waals surface area contributed by atoms with E-state index in [0.29, 0.717) is 32.0 Å². The normalized spacial score (nSPS) is 21.9. The highest BCUT2D eigenvalue weighted by atomic mass is 16.5. The van der Waals surface area contributed by atoms with E-state index in [4.69, 9.17) is 4.74 Å². The van der Waals surface area contributed by atoms with E-state index in [1.54, 1.807) is 7.11 Å². The van der Waals surface area contributed by atoms with Gasteiger partial charge in [-0.1, -0.05) is 26.0 Å². The van der Waals surface area contributed by atoms with Crippen LogP contribution in [0.15, 0.2) is 24.3 Å². The summed E-state index contributed by atoms with van der Waals surface area (Å²) in [6.45, 7) is 7.92. The molecule has 6 heteroatoms. The van der Waals surface area contributed by atoms with Crippen molar-refractivity contribution >= 4 is 17.5 Å². The van der Waals surface area contributed by atoms with Gasteiger partial charge >= 0.3 is 0 Å². The molecule has 27 heavy (non-hydrogen) atoms. The molecule has 0 spiro atoms. The molecule has 0 aromatic heterocycles. The zero-order chi connectivity index (χ0) is 19.4. The first kappa shape index (κ1) is 19.5. The van der Waals surface area contributed by atoms with E-state index in [0.717, 1.165) is 30.9 Å². The Morgan fingerprint density at radius 2 is 1.85 bits per heavy atom. The van der Waals surface area contributed by atoms with Gasteiger partial charge < -0.3 is 19.9 Å². The molecule has 1 heterocycles. The van der Waals surface area contributed by atoms with E-state index in [-0.39, 0.29) is 23.7 Å². The third-order valence-corrected chi connectivity index (χ3v) is 5.48. The molecule has 2 aliphatic rings. The Kier molecular flexibility index (Phi) is 6.24. The fourth-order valence-corrected chi connectivity index (χ4v) is 3.67. The number of anilines is 1. The van der Waals surface area contributed by atoms with Crippen LogP contribution in [-0.4, -0.2) is 56.5 Å². The minimum Gasteiger partial charge on any atom is -0.495 e. The number of piperazine rings is 1. The summed E-state index contributed by atoms with van der Waals surface area (Å²) >= 11 is 0. The van der Waals surface area contributed by atoms with E-state index in [2.05, 4.69) is 30.1 Å². The second kappa shape index (κ2) is 8.63. The third kappa shape index (κ3) is 4.73. The molecule has 148 valence electrons. The van der Waals surface area contributed by atoms with Gasteiger partial charge in [-0.05, 0) is 30.9 Å². The second-order valence-corrected chi connectivity index (χ2v) is 7.91. The van der Waals surface area contributed by atoms with Gasteiger partial charge in [-0.2, -0.15) is 0 Å². The number of benzene rings is 1. The summed E-state index contributed by atoms with van der Waals surface area (Å²) in [7, 11) is 1.68. The van der Waals surface area contributed by atoms with E-state index in [9.17, 15) is 9.59 Å². The Morgan fingerprint density at radius 3 is 2.52 bits per heavy atom. The molecule has 1 aliphatic heterocycles. The van der Waals surface area contributed by atoms with Gasteiger partial charge in [0.15, 0.2) is 0 Å². The number of methoxy groups -OCH3 is 1. The number of ether oxygens (including phenoxy) is 1. The van der Waals surface area contributed by atoms with Crippen molar-refractivity contribution in [3.8, 4) is 5.75 Å². The number of nitrogens with one attached hydrogen (secondary N) is 1. The van der Waals surface area contributed by atoms with Gasteiger partial charge in [-0.3, -0.25) is 9.59 Å². The third-order valence-electron chi connectivity index (χ3n) is 5.48. The number of hydrogen-bond acceptors (Lipinski definition) is 4. The van der Waals surface area contributed by atoms with Crippen molar-refractivity contribution < 1.29 is 14.3 Å². The fraction of sp³-hybridized carbons (Fsp3) is 0.619. The smallest absolute Gasteiger partial charge is 0.226 e. The maximum Gasteiger partial charge on any atom is 0.226 e. The Morgan fingerprint density at radius 1 is 1.15 bits per heavy atom. The van der Waals surface area contributed by atoms with E-state index in [1.165, 1.54) is 0 Å². The molecule has 1 N–H and O–H groups in total. The summed E-state index contributed by atoms with van der Waals surface area (Å²) < 4.78 is 5.44. The quantitative estimate of drug-likeness (QED) is 0.795. The van der Waals surface area contributed by atoms with Crippen molar-refractivity contribution in [2.24, 2.45) is 17.8 Å². The standard InChI is InChI=1S/C21H31N3O3/c1-15(2)8-9-22-20(25)16-14-17(16)21(26)24-12-10-23(11-13-24)18-6-4-5-7-19(18)27-3/h4-7,15-17H,8-14H2,1-3H3,(H,22,25). The number of nitrogens with zero attached hydrogens (tertiary/aromatic N) is 2. The largest absolute Gasteiger partial charge is 0.495 e. The Labute approximate surface area is 161 Å². The highest BCUT2D eigenvalue weighted by molar-refractivity contribution is 5.92. The van der Waals surface area contributed by atoms with Gasteiger partial charge in [0.2, 0.25) is 11.8 Å². The van der Waals surface area contributed by atoms with Crippen LogP contribution in [0.5, 0.6) is 5.75 Å². The topological polar surface area (TPSA) is 61.9 Å². The lowest BCUT2D eigenvalue weighted by molar-refractivity contribution is -0.135. The molecule has 1 saturated carbocycles. The SMILES string of the molecule is COc1ccccc1N1CCN(C(=O)C2CC2C(=O)NCCC(C)C)CC1. The highest BCUT2D eigenvalue weighted by Gasteiger charge is 2.49. The first-order chi connectivity index (χ1) is 13.0. The molecular weight excluding hydrogens is 342 g/mol. The fourth-order valence-electron chi connectivity index (χ4n) is 3.67. The lowest BCUT2D eigenvalue weighted by Gasteiger charge is -2.36. The van der Waals surface area contributed by atoms with Crippen LogP contribution in [0.4, 0.5) is 5.69 Å². The Hall–Kier alpha value is -2.24. The number of rotatable bonds is 7. The van der Waals surface area contributed by atoms with Crippen LogP contribution < -0.4 is 15.0 Å². The molecule has 3 rings (SSSR count). The van der Waals surface area contributed by atoms with Crippen LogP contribution >= 0.6 is 0 Å². The highest BCUT2D eigenvalue weighted by Crippen LogP contribution is 2.40. The molecule has 2 unspecified atom stereocenters. The zero-order valence-corrected chi connectivity index (χ0v) is 16.6. The average molecular weight is 373 g/mol. The summed E-state index contributed by atoms with van der Waals surface area (Å²) in [6.07, 6.45) is 1.67. The maximum absolute atomic E-state index is 12.7. The predicted molar refractivity (Wildman–Crippen MR) is 106 cm³/mol. The number of carbonyl (C=O) groups excluding carboxylic acids is 2. The minimum atomic E-state index is -0.128. The van der Waals surface area contributed by atoms with Crippen LogP contribution in [0, 0.1) is 17.8 Å². The average Bonchev–Trinajstić information content (AvgIpc) is 3.48. The summed E-state index contributed by atoms with van der Waals surface area (Å²) in [5, 5.41) is 2.97. The lowest BCUT2D eigenvalue weighted by Crippen LogP contribution is -2.49. The second-order valence-electron chi connectivity index (χ2n) is 7.91. The predicted octanol–water partition coefficient (Wildman–Crippen LogP) is 2.14. The number of amides is 2. The molecule has 2 amide bonds. The first-order valence-electron chi connectivity index (χ1n) is 9.95. The lowest BCUT2D eigenvalue weighted by atomic mass is 10.1. The van der Waals surface area contributed by atoms with Crippen molar-refractivity contribution in [3.63, 3.8) is 0 Å². The van der Waals surface area contributed by atoms with Crippen LogP contribution in [0.25, 0.3) is 0 Å². The van der Waals surface area contributed by atoms with Crippen LogP contribution in [0.3, 0.4) is 0 Å². The molecule has 1 aromatic carbocycles. The van der Waals surface area contributed by atoms with Crippen molar-refractivity contribution in [1.29, 1.82) is 0 Å². The monoisotopic (exact) mass is 373 g/mol. The molecule has 0 bridgehead atoms. The number of carbonyl (C=O) groups is 2. The molecule has 2 atom stereocenters. The van der Waals surface area contributed by atoms with Crippen LogP contribution in [0.2, 0.25) is 0 Å². The summed E-state index contributed by atoms with van der Waals surface area (Å²) in [6, 6.07) is 7.97. The summed E-state index contributed by atoms with van der Waals surface area (Å²) in [5.41, 5.74) is 1.07. The molecule has 1 aliphatic carbocycles. The molecule has 1 saturated heterocycles. The van der Waals surface area contributed by atoms with E-state index >= 15 is 0 Å². The maximum atomic E-state index is 12.7.